The van der Waals surface area contributed by atoms with Gasteiger partial charge in [-0.2, -0.15) is 0 Å². The van der Waals surface area contributed by atoms with Gasteiger partial charge in [0, 0.05) is 23.8 Å². The van der Waals surface area contributed by atoms with Gasteiger partial charge in [0.15, 0.2) is 5.76 Å². The van der Waals surface area contributed by atoms with Crippen molar-refractivity contribution < 1.29 is 14.7 Å². The lowest BCUT2D eigenvalue weighted by molar-refractivity contribution is -0.140. The zero-order chi connectivity index (χ0) is 22.3. The zero-order valence-electron chi connectivity index (χ0n) is 17.5. The first-order chi connectivity index (χ1) is 14.8. The molecule has 1 amide bonds. The molecule has 0 saturated carbocycles. The fourth-order valence-corrected chi connectivity index (χ4v) is 4.38. The molecule has 4 rings (SSSR count). The number of aliphatic hydroxyl groups excluding tert-OH is 1. The van der Waals surface area contributed by atoms with Crippen LogP contribution in [0.15, 0.2) is 58.7 Å². The number of carbonyl (C=O) groups excluding carboxylic acids is 2. The van der Waals surface area contributed by atoms with Gasteiger partial charge in [-0.05, 0) is 50.8 Å². The molecular formula is C23H23BrN4O3. The Bertz CT molecular complexity index is 1210. The maximum absolute atomic E-state index is 13.1. The number of halogens is 1. The number of hydrogen-bond donors (Lipinski definition) is 1. The molecule has 0 radical (unpaired) electrons. The Morgan fingerprint density at radius 3 is 2.68 bits per heavy atom. The number of likely N-dealkylation sites (tertiary alicyclic amines) is 1. The second-order valence-corrected chi connectivity index (χ2v) is 8.74. The minimum absolute atomic E-state index is 0.0793. The molecule has 2 aromatic heterocycles. The highest BCUT2D eigenvalue weighted by Gasteiger charge is 2.46. The second-order valence-electron chi connectivity index (χ2n) is 7.83. The van der Waals surface area contributed by atoms with Crippen LogP contribution in [0.25, 0.3) is 11.4 Å². The molecule has 3 aromatic rings. The summed E-state index contributed by atoms with van der Waals surface area (Å²) in [5.74, 6) is -1.52. The van der Waals surface area contributed by atoms with Crippen LogP contribution in [0.3, 0.4) is 0 Å². The standard InChI is InChI=1S/C23H23BrN4O3/c1-14-19(27-10-5-4-9-17(27)25-14)21(29)18-20(15-7-6-8-16(24)13-15)28(12-11-26(2)3)23(31)22(18)30/h4-10,13,20,29H,11-12H2,1-3H3/b21-18+. The highest BCUT2D eigenvalue weighted by atomic mass is 79.9. The van der Waals surface area contributed by atoms with E-state index in [1.54, 1.807) is 17.5 Å². The molecule has 0 bridgehead atoms. The van der Waals surface area contributed by atoms with E-state index >= 15 is 0 Å². The molecule has 1 aliphatic heterocycles. The van der Waals surface area contributed by atoms with Crippen molar-refractivity contribution in [2.45, 2.75) is 13.0 Å². The summed E-state index contributed by atoms with van der Waals surface area (Å²) in [6, 6.07) is 12.3. The Kier molecular flexibility index (Phi) is 5.68. The summed E-state index contributed by atoms with van der Waals surface area (Å²) in [6.45, 7) is 2.72. The molecular weight excluding hydrogens is 460 g/mol. The highest BCUT2D eigenvalue weighted by molar-refractivity contribution is 9.10. The van der Waals surface area contributed by atoms with E-state index in [1.165, 1.54) is 4.90 Å². The second kappa shape index (κ2) is 8.28. The van der Waals surface area contributed by atoms with E-state index in [0.29, 0.717) is 30.1 Å². The van der Waals surface area contributed by atoms with Crippen molar-refractivity contribution in [3.05, 3.63) is 75.7 Å². The molecule has 31 heavy (non-hydrogen) atoms. The molecule has 1 N–H and O–H groups in total. The van der Waals surface area contributed by atoms with Crippen LogP contribution in [0.4, 0.5) is 0 Å². The van der Waals surface area contributed by atoms with Crippen LogP contribution >= 0.6 is 15.9 Å². The number of amides is 1. The average Bonchev–Trinajstić information content (AvgIpc) is 3.19. The van der Waals surface area contributed by atoms with Crippen LogP contribution < -0.4 is 0 Å². The molecule has 1 unspecified atom stereocenters. The number of benzene rings is 1. The van der Waals surface area contributed by atoms with Crippen LogP contribution in [0, 0.1) is 6.92 Å². The molecule has 160 valence electrons. The number of Topliss-reactive ketones (excluding diaryl/α,β-unsaturated/α-hetero) is 1. The quantitative estimate of drug-likeness (QED) is 0.342. The Morgan fingerprint density at radius 1 is 1.19 bits per heavy atom. The lowest BCUT2D eigenvalue weighted by Gasteiger charge is -2.26. The van der Waals surface area contributed by atoms with Crippen LogP contribution in [0.2, 0.25) is 0 Å². The lowest BCUT2D eigenvalue weighted by Crippen LogP contribution is -2.35. The molecule has 1 atom stereocenters. The average molecular weight is 483 g/mol. The van der Waals surface area contributed by atoms with Gasteiger partial charge in [0.2, 0.25) is 0 Å². The fraction of sp³-hybridized carbons (Fsp3) is 0.261. The first-order valence-electron chi connectivity index (χ1n) is 9.92. The summed E-state index contributed by atoms with van der Waals surface area (Å²) in [6.07, 6.45) is 1.78. The Labute approximate surface area is 188 Å². The van der Waals surface area contributed by atoms with Gasteiger partial charge in [-0.25, -0.2) is 4.98 Å². The van der Waals surface area contributed by atoms with Gasteiger partial charge < -0.3 is 14.9 Å². The van der Waals surface area contributed by atoms with Gasteiger partial charge in [0.1, 0.15) is 11.3 Å². The number of imidazole rings is 1. The van der Waals surface area contributed by atoms with Crippen LogP contribution in [-0.2, 0) is 9.59 Å². The van der Waals surface area contributed by atoms with E-state index in [2.05, 4.69) is 20.9 Å². The molecule has 7 nitrogen and oxygen atoms in total. The van der Waals surface area contributed by atoms with Crippen molar-refractivity contribution in [3.8, 4) is 0 Å². The SMILES string of the molecule is Cc1nc2ccccn2c1/C(O)=C1\C(=O)C(=O)N(CCN(C)C)C1c1cccc(Br)c1. The van der Waals surface area contributed by atoms with E-state index in [-0.39, 0.29) is 11.3 Å². The van der Waals surface area contributed by atoms with E-state index < -0.39 is 17.7 Å². The summed E-state index contributed by atoms with van der Waals surface area (Å²) in [7, 11) is 3.82. The third kappa shape index (κ3) is 3.77. The predicted octanol–water partition coefficient (Wildman–Crippen LogP) is 3.39. The van der Waals surface area contributed by atoms with E-state index in [9.17, 15) is 14.7 Å². The largest absolute Gasteiger partial charge is 0.505 e. The molecule has 1 saturated heterocycles. The van der Waals surface area contributed by atoms with Crippen LogP contribution in [-0.4, -0.2) is 63.2 Å². The normalized spacial score (nSPS) is 18.5. The minimum atomic E-state index is -0.689. The number of pyridine rings is 1. The number of rotatable bonds is 5. The number of likely N-dealkylation sites (N-methyl/N-ethyl adjacent to an activating group) is 1. The Balaban J connectivity index is 1.93. The number of ketones is 1. The van der Waals surface area contributed by atoms with E-state index in [4.69, 9.17) is 0 Å². The van der Waals surface area contributed by atoms with Crippen molar-refractivity contribution in [1.29, 1.82) is 0 Å². The van der Waals surface area contributed by atoms with Crippen LogP contribution in [0.1, 0.15) is 23.0 Å². The number of fused-ring (bicyclic) bond motifs is 1. The van der Waals surface area contributed by atoms with Gasteiger partial charge in [-0.1, -0.05) is 34.1 Å². The smallest absolute Gasteiger partial charge is 0.295 e. The third-order valence-electron chi connectivity index (χ3n) is 5.42. The number of aryl methyl sites for hydroxylation is 1. The topological polar surface area (TPSA) is 78.1 Å². The van der Waals surface area contributed by atoms with Gasteiger partial charge in [0.25, 0.3) is 11.7 Å². The third-order valence-corrected chi connectivity index (χ3v) is 5.91. The number of carbonyl (C=O) groups is 2. The Hall–Kier alpha value is -2.97. The zero-order valence-corrected chi connectivity index (χ0v) is 19.1. The molecule has 1 aliphatic rings. The molecule has 1 fully saturated rings. The minimum Gasteiger partial charge on any atom is -0.505 e. The number of aliphatic hydroxyl groups is 1. The molecule has 0 spiro atoms. The van der Waals surface area contributed by atoms with Gasteiger partial charge in [-0.3, -0.25) is 14.0 Å². The molecule has 8 heteroatoms. The summed E-state index contributed by atoms with van der Waals surface area (Å²) < 4.78 is 2.56. The van der Waals surface area contributed by atoms with Crippen molar-refractivity contribution in [3.63, 3.8) is 0 Å². The number of hydrogen-bond acceptors (Lipinski definition) is 5. The van der Waals surface area contributed by atoms with Gasteiger partial charge >= 0.3 is 0 Å². The monoisotopic (exact) mass is 482 g/mol. The molecule has 1 aromatic carbocycles. The van der Waals surface area contributed by atoms with Crippen molar-refractivity contribution in [2.75, 3.05) is 27.2 Å². The summed E-state index contributed by atoms with van der Waals surface area (Å²) in [5.41, 5.74) is 2.48. The first-order valence-corrected chi connectivity index (χ1v) is 10.7. The Morgan fingerprint density at radius 2 is 1.97 bits per heavy atom. The number of aromatic nitrogens is 2. The molecule has 3 heterocycles. The summed E-state index contributed by atoms with van der Waals surface area (Å²) in [4.78, 5) is 34.1. The maximum atomic E-state index is 13.1. The fourth-order valence-electron chi connectivity index (χ4n) is 3.97. The summed E-state index contributed by atoms with van der Waals surface area (Å²) in [5, 5.41) is 11.4. The van der Waals surface area contributed by atoms with Crippen molar-refractivity contribution in [2.24, 2.45) is 0 Å². The summed E-state index contributed by atoms with van der Waals surface area (Å²) >= 11 is 3.47. The number of nitrogens with zero attached hydrogens (tertiary/aromatic N) is 4. The predicted molar refractivity (Wildman–Crippen MR) is 122 cm³/mol. The highest BCUT2D eigenvalue weighted by Crippen LogP contribution is 2.40. The maximum Gasteiger partial charge on any atom is 0.295 e. The van der Waals surface area contributed by atoms with Gasteiger partial charge in [0.05, 0.1) is 17.3 Å². The van der Waals surface area contributed by atoms with Crippen molar-refractivity contribution in [1.82, 2.24) is 19.2 Å². The van der Waals surface area contributed by atoms with E-state index in [1.807, 2.05) is 61.5 Å². The molecule has 0 aliphatic carbocycles. The van der Waals surface area contributed by atoms with Gasteiger partial charge in [-0.15, -0.1) is 0 Å². The van der Waals surface area contributed by atoms with Crippen LogP contribution in [0.5, 0.6) is 0 Å². The first kappa shape index (κ1) is 21.3. The lowest BCUT2D eigenvalue weighted by atomic mass is 9.96. The van der Waals surface area contributed by atoms with Crippen molar-refractivity contribution >= 4 is 39.0 Å². The van der Waals surface area contributed by atoms with E-state index in [0.717, 1.165) is 10.0 Å².